The van der Waals surface area contributed by atoms with Crippen LogP contribution in [0.5, 0.6) is 0 Å². The first-order valence-corrected chi connectivity index (χ1v) is 10.3. The molecule has 3 rings (SSSR count). The standard InChI is InChI=1S/C24H23ClFN3O3/c1-15(17-7-9-18(10-8-17)24(31)32-3)28-23(30)21-12-19(25)13-27-22(21)29(2)14-16-5-4-6-20(26)11-16/h4-13,15H,14H2,1-3H3,(H,28,30)/t15-/m0/s1. The topological polar surface area (TPSA) is 71.5 Å². The summed E-state index contributed by atoms with van der Waals surface area (Å²) in [5.41, 5.74) is 2.29. The van der Waals surface area contributed by atoms with E-state index in [4.69, 9.17) is 16.3 Å². The van der Waals surface area contributed by atoms with Gasteiger partial charge in [0.15, 0.2) is 0 Å². The van der Waals surface area contributed by atoms with Crippen LogP contribution < -0.4 is 10.2 Å². The van der Waals surface area contributed by atoms with E-state index in [-0.39, 0.29) is 17.8 Å². The zero-order valence-electron chi connectivity index (χ0n) is 17.9. The van der Waals surface area contributed by atoms with Gasteiger partial charge in [-0.25, -0.2) is 14.2 Å². The third kappa shape index (κ3) is 5.62. The number of aromatic nitrogens is 1. The van der Waals surface area contributed by atoms with Gasteiger partial charge < -0.3 is 15.0 Å². The number of rotatable bonds is 7. The van der Waals surface area contributed by atoms with Crippen LogP contribution in [0.3, 0.4) is 0 Å². The molecule has 0 unspecified atom stereocenters. The first-order chi connectivity index (χ1) is 15.3. The molecule has 0 aliphatic carbocycles. The number of hydrogen-bond acceptors (Lipinski definition) is 5. The third-order valence-corrected chi connectivity index (χ3v) is 5.13. The quantitative estimate of drug-likeness (QED) is 0.519. The van der Waals surface area contributed by atoms with Crippen LogP contribution >= 0.6 is 11.6 Å². The molecule has 1 N–H and O–H groups in total. The minimum Gasteiger partial charge on any atom is -0.465 e. The molecule has 6 nitrogen and oxygen atoms in total. The number of carbonyl (C=O) groups excluding carboxylic acids is 2. The van der Waals surface area contributed by atoms with Crippen molar-refractivity contribution >= 4 is 29.3 Å². The summed E-state index contributed by atoms with van der Waals surface area (Å²) in [6.45, 7) is 2.19. The van der Waals surface area contributed by atoms with Gasteiger partial charge in [0.05, 0.1) is 29.3 Å². The van der Waals surface area contributed by atoms with Gasteiger partial charge in [0.25, 0.3) is 5.91 Å². The summed E-state index contributed by atoms with van der Waals surface area (Å²) >= 11 is 6.11. The maximum absolute atomic E-state index is 13.5. The summed E-state index contributed by atoms with van der Waals surface area (Å²) in [4.78, 5) is 30.8. The summed E-state index contributed by atoms with van der Waals surface area (Å²) in [5, 5.41) is 3.26. The Kier molecular flexibility index (Phi) is 7.43. The molecular weight excluding hydrogens is 433 g/mol. The van der Waals surface area contributed by atoms with Crippen molar-refractivity contribution in [1.82, 2.24) is 10.3 Å². The van der Waals surface area contributed by atoms with Gasteiger partial charge in [-0.2, -0.15) is 0 Å². The summed E-state index contributed by atoms with van der Waals surface area (Å²) in [6.07, 6.45) is 1.46. The Labute approximate surface area is 191 Å². The number of halogens is 2. The van der Waals surface area contributed by atoms with E-state index in [2.05, 4.69) is 10.3 Å². The number of methoxy groups -OCH3 is 1. The number of hydrogen-bond donors (Lipinski definition) is 1. The molecule has 8 heteroatoms. The lowest BCUT2D eigenvalue weighted by molar-refractivity contribution is 0.0600. The number of nitrogens with one attached hydrogen (secondary N) is 1. The second-order valence-corrected chi connectivity index (χ2v) is 7.76. The molecule has 166 valence electrons. The smallest absolute Gasteiger partial charge is 0.337 e. The number of benzene rings is 2. The van der Waals surface area contributed by atoms with Gasteiger partial charge in [-0.1, -0.05) is 35.9 Å². The van der Waals surface area contributed by atoms with E-state index in [1.165, 1.54) is 25.4 Å². The van der Waals surface area contributed by atoms with Crippen molar-refractivity contribution in [1.29, 1.82) is 0 Å². The van der Waals surface area contributed by atoms with Gasteiger partial charge in [0.2, 0.25) is 0 Å². The maximum Gasteiger partial charge on any atom is 0.337 e. The Bertz CT molecular complexity index is 1120. The molecule has 0 saturated heterocycles. The molecule has 1 heterocycles. The molecule has 0 bridgehead atoms. The van der Waals surface area contributed by atoms with E-state index < -0.39 is 5.97 Å². The predicted octanol–water partition coefficient (Wildman–Crippen LogP) is 4.79. The predicted molar refractivity (Wildman–Crippen MR) is 121 cm³/mol. The van der Waals surface area contributed by atoms with Gasteiger partial charge in [-0.3, -0.25) is 4.79 Å². The Hall–Kier alpha value is -3.45. The monoisotopic (exact) mass is 455 g/mol. The van der Waals surface area contributed by atoms with Gasteiger partial charge in [0, 0.05) is 19.8 Å². The molecule has 0 saturated carbocycles. The highest BCUT2D eigenvalue weighted by Crippen LogP contribution is 2.24. The zero-order valence-corrected chi connectivity index (χ0v) is 18.7. The first-order valence-electron chi connectivity index (χ1n) is 9.88. The Morgan fingerprint density at radius 2 is 1.91 bits per heavy atom. The molecule has 2 aromatic carbocycles. The van der Waals surface area contributed by atoms with Crippen LogP contribution in [-0.2, 0) is 11.3 Å². The minimum absolute atomic E-state index is 0.300. The molecule has 0 spiro atoms. The first kappa shape index (κ1) is 23.2. The van der Waals surface area contributed by atoms with Crippen LogP contribution in [0, 0.1) is 5.82 Å². The Morgan fingerprint density at radius 3 is 2.56 bits per heavy atom. The van der Waals surface area contributed by atoms with E-state index in [1.54, 1.807) is 54.4 Å². The average Bonchev–Trinajstić information content (AvgIpc) is 2.78. The maximum atomic E-state index is 13.5. The highest BCUT2D eigenvalue weighted by atomic mass is 35.5. The van der Waals surface area contributed by atoms with Gasteiger partial charge in [0.1, 0.15) is 11.6 Å². The van der Waals surface area contributed by atoms with Crippen LogP contribution in [0.4, 0.5) is 10.2 Å². The lowest BCUT2D eigenvalue weighted by Gasteiger charge is -2.22. The number of anilines is 1. The van der Waals surface area contributed by atoms with Crippen molar-refractivity contribution in [2.75, 3.05) is 19.1 Å². The fourth-order valence-corrected chi connectivity index (χ4v) is 3.43. The highest BCUT2D eigenvalue weighted by molar-refractivity contribution is 6.31. The lowest BCUT2D eigenvalue weighted by atomic mass is 10.1. The number of nitrogens with zero attached hydrogens (tertiary/aromatic N) is 2. The molecule has 3 aromatic rings. The molecule has 0 aliphatic rings. The van der Waals surface area contributed by atoms with Crippen LogP contribution in [0.1, 0.15) is 44.8 Å². The second-order valence-electron chi connectivity index (χ2n) is 7.32. The van der Waals surface area contributed by atoms with Crippen molar-refractivity contribution in [2.45, 2.75) is 19.5 Å². The van der Waals surface area contributed by atoms with Crippen LogP contribution in [0.25, 0.3) is 0 Å². The SMILES string of the molecule is COC(=O)c1ccc([C@H](C)NC(=O)c2cc(Cl)cnc2N(C)Cc2cccc(F)c2)cc1. The van der Waals surface area contributed by atoms with E-state index in [0.717, 1.165) is 11.1 Å². The fourth-order valence-electron chi connectivity index (χ4n) is 3.27. The second kappa shape index (κ2) is 10.2. The summed E-state index contributed by atoms with van der Waals surface area (Å²) in [6, 6.07) is 14.3. The van der Waals surface area contributed by atoms with Gasteiger partial charge >= 0.3 is 5.97 Å². The van der Waals surface area contributed by atoms with E-state index >= 15 is 0 Å². The molecule has 0 radical (unpaired) electrons. The van der Waals surface area contributed by atoms with E-state index in [1.807, 2.05) is 6.92 Å². The van der Waals surface area contributed by atoms with Crippen LogP contribution in [0.2, 0.25) is 5.02 Å². The molecule has 0 fully saturated rings. The van der Waals surface area contributed by atoms with Crippen LogP contribution in [-0.4, -0.2) is 31.0 Å². The Morgan fingerprint density at radius 1 is 1.19 bits per heavy atom. The molecule has 32 heavy (non-hydrogen) atoms. The number of carbonyl (C=O) groups is 2. The molecular formula is C24H23ClFN3O3. The highest BCUT2D eigenvalue weighted by Gasteiger charge is 2.20. The number of amides is 1. The van der Waals surface area contributed by atoms with Crippen molar-refractivity contribution < 1.29 is 18.7 Å². The van der Waals surface area contributed by atoms with E-state index in [9.17, 15) is 14.0 Å². The van der Waals surface area contributed by atoms with Gasteiger partial charge in [-0.15, -0.1) is 0 Å². The number of ether oxygens (including phenoxy) is 1. The summed E-state index contributed by atoms with van der Waals surface area (Å²) in [7, 11) is 3.09. The van der Waals surface area contributed by atoms with Crippen molar-refractivity contribution in [3.05, 3.63) is 93.9 Å². The third-order valence-electron chi connectivity index (χ3n) is 4.93. The van der Waals surface area contributed by atoms with Crippen molar-refractivity contribution in [3.8, 4) is 0 Å². The number of esters is 1. The largest absolute Gasteiger partial charge is 0.465 e. The Balaban J connectivity index is 1.78. The number of pyridine rings is 1. The molecule has 0 aliphatic heterocycles. The lowest BCUT2D eigenvalue weighted by Crippen LogP contribution is -2.29. The van der Waals surface area contributed by atoms with E-state index in [0.29, 0.717) is 28.5 Å². The van der Waals surface area contributed by atoms with Crippen molar-refractivity contribution in [3.63, 3.8) is 0 Å². The molecule has 1 atom stereocenters. The minimum atomic E-state index is -0.427. The average molecular weight is 456 g/mol. The molecule has 1 aromatic heterocycles. The van der Waals surface area contributed by atoms with Crippen molar-refractivity contribution in [2.24, 2.45) is 0 Å². The zero-order chi connectivity index (χ0) is 23.3. The fraction of sp³-hybridized carbons (Fsp3) is 0.208. The van der Waals surface area contributed by atoms with Gasteiger partial charge in [-0.05, 0) is 48.4 Å². The normalized spacial score (nSPS) is 11.5. The summed E-state index contributed by atoms with van der Waals surface area (Å²) < 4.78 is 18.2. The summed E-state index contributed by atoms with van der Waals surface area (Å²) in [5.74, 6) is -0.691. The molecule has 1 amide bonds. The van der Waals surface area contributed by atoms with Crippen LogP contribution in [0.15, 0.2) is 60.8 Å².